The van der Waals surface area contributed by atoms with Crippen LogP contribution in [-0.2, 0) is 0 Å². The predicted octanol–water partition coefficient (Wildman–Crippen LogP) is 2.81. The number of methoxy groups -OCH3 is 1. The molecule has 1 aromatic rings. The molecule has 6 heteroatoms. The van der Waals surface area contributed by atoms with E-state index in [4.69, 9.17) is 15.2 Å². The van der Waals surface area contributed by atoms with Crippen LogP contribution < -0.4 is 15.2 Å². The molecule has 1 aromatic carbocycles. The summed E-state index contributed by atoms with van der Waals surface area (Å²) in [6, 6.07) is 3.59. The van der Waals surface area contributed by atoms with E-state index in [0.717, 1.165) is 30.3 Å². The molecule has 5 nitrogen and oxygen atoms in total. The lowest BCUT2D eigenvalue weighted by molar-refractivity contribution is 0.0708. The van der Waals surface area contributed by atoms with Gasteiger partial charge >= 0.3 is 0 Å². The van der Waals surface area contributed by atoms with Crippen LogP contribution in [0.15, 0.2) is 16.6 Å². The van der Waals surface area contributed by atoms with Gasteiger partial charge in [0.05, 0.1) is 18.2 Å². The molecule has 1 saturated heterocycles. The van der Waals surface area contributed by atoms with Gasteiger partial charge in [0.25, 0.3) is 5.91 Å². The van der Waals surface area contributed by atoms with Crippen molar-refractivity contribution in [1.82, 2.24) is 4.90 Å². The number of rotatable bonds is 5. The summed E-state index contributed by atoms with van der Waals surface area (Å²) in [7, 11) is 1.58. The number of benzene rings is 1. The minimum atomic E-state index is -0.0174. The minimum Gasteiger partial charge on any atom is -0.493 e. The third-order valence-electron chi connectivity index (χ3n) is 3.67. The smallest absolute Gasteiger partial charge is 0.254 e. The molecule has 1 unspecified atom stereocenters. The first-order chi connectivity index (χ1) is 10.6. The second-order valence-electron chi connectivity index (χ2n) is 5.49. The summed E-state index contributed by atoms with van der Waals surface area (Å²) in [5.41, 5.74) is 6.54. The highest BCUT2D eigenvalue weighted by molar-refractivity contribution is 9.10. The number of piperidine rings is 1. The number of amides is 1. The fourth-order valence-electron chi connectivity index (χ4n) is 2.56. The van der Waals surface area contributed by atoms with Crippen molar-refractivity contribution in [2.24, 2.45) is 5.73 Å². The van der Waals surface area contributed by atoms with Gasteiger partial charge in [-0.05, 0) is 47.3 Å². The standard InChI is InChI=1S/C16H23BrN2O3/c1-3-7-22-15-13(17)8-11(9-14(15)21-2)16(20)19-6-4-5-12(18)10-19/h8-9,12H,3-7,10,18H2,1-2H3. The molecule has 0 aromatic heterocycles. The van der Waals surface area contributed by atoms with Crippen molar-refractivity contribution in [2.45, 2.75) is 32.2 Å². The lowest BCUT2D eigenvalue weighted by atomic mass is 10.1. The number of nitrogens with zero attached hydrogens (tertiary/aromatic N) is 1. The zero-order chi connectivity index (χ0) is 16.1. The first-order valence-corrected chi connectivity index (χ1v) is 8.41. The van der Waals surface area contributed by atoms with Crippen molar-refractivity contribution in [2.75, 3.05) is 26.8 Å². The predicted molar refractivity (Wildman–Crippen MR) is 89.6 cm³/mol. The normalized spacial score (nSPS) is 18.2. The topological polar surface area (TPSA) is 64.8 Å². The molecule has 1 aliphatic heterocycles. The quantitative estimate of drug-likeness (QED) is 0.865. The number of carbonyl (C=O) groups excluding carboxylic acids is 1. The Bertz CT molecular complexity index is 536. The summed E-state index contributed by atoms with van der Waals surface area (Å²) in [5, 5.41) is 0. The number of carbonyl (C=O) groups is 1. The van der Waals surface area contributed by atoms with Gasteiger partial charge in [-0.15, -0.1) is 0 Å². The van der Waals surface area contributed by atoms with E-state index in [-0.39, 0.29) is 11.9 Å². The van der Waals surface area contributed by atoms with Crippen molar-refractivity contribution < 1.29 is 14.3 Å². The molecule has 122 valence electrons. The fraction of sp³-hybridized carbons (Fsp3) is 0.562. The maximum Gasteiger partial charge on any atom is 0.254 e. The third-order valence-corrected chi connectivity index (χ3v) is 4.26. The number of likely N-dealkylation sites (tertiary alicyclic amines) is 1. The average molecular weight is 371 g/mol. The zero-order valence-electron chi connectivity index (χ0n) is 13.1. The summed E-state index contributed by atoms with van der Waals surface area (Å²) >= 11 is 3.47. The molecule has 0 saturated carbocycles. The highest BCUT2D eigenvalue weighted by Gasteiger charge is 2.24. The van der Waals surface area contributed by atoms with Crippen LogP contribution >= 0.6 is 15.9 Å². The molecule has 2 rings (SSSR count). The van der Waals surface area contributed by atoms with Crippen LogP contribution in [0.25, 0.3) is 0 Å². The molecule has 1 aliphatic rings. The van der Waals surface area contributed by atoms with Crippen molar-refractivity contribution in [3.8, 4) is 11.5 Å². The van der Waals surface area contributed by atoms with Crippen LogP contribution in [-0.4, -0.2) is 43.7 Å². The van der Waals surface area contributed by atoms with Crippen molar-refractivity contribution in [3.05, 3.63) is 22.2 Å². The zero-order valence-corrected chi connectivity index (χ0v) is 14.7. The second-order valence-corrected chi connectivity index (χ2v) is 6.35. The Morgan fingerprint density at radius 3 is 2.91 bits per heavy atom. The summed E-state index contributed by atoms with van der Waals surface area (Å²) < 4.78 is 11.8. The molecule has 1 atom stereocenters. The summed E-state index contributed by atoms with van der Waals surface area (Å²) in [4.78, 5) is 14.5. The molecule has 2 N–H and O–H groups in total. The summed E-state index contributed by atoms with van der Waals surface area (Å²) in [6.45, 7) is 3.99. The van der Waals surface area contributed by atoms with Gasteiger partial charge in [-0.25, -0.2) is 0 Å². The molecule has 1 heterocycles. The van der Waals surface area contributed by atoms with Crippen LogP contribution in [0.2, 0.25) is 0 Å². The third kappa shape index (κ3) is 3.93. The van der Waals surface area contributed by atoms with Gasteiger partial charge in [0.15, 0.2) is 11.5 Å². The van der Waals surface area contributed by atoms with Gasteiger partial charge in [-0.2, -0.15) is 0 Å². The van der Waals surface area contributed by atoms with Gasteiger partial charge in [0.1, 0.15) is 0 Å². The van der Waals surface area contributed by atoms with E-state index in [1.165, 1.54) is 0 Å². The Labute approximate surface area is 139 Å². The van der Waals surface area contributed by atoms with Crippen molar-refractivity contribution >= 4 is 21.8 Å². The molecule has 1 fully saturated rings. The molecule has 0 radical (unpaired) electrons. The Hall–Kier alpha value is -1.27. The van der Waals surface area contributed by atoms with E-state index in [0.29, 0.717) is 30.2 Å². The number of nitrogens with two attached hydrogens (primary N) is 1. The Morgan fingerprint density at radius 2 is 2.27 bits per heavy atom. The van der Waals surface area contributed by atoms with E-state index >= 15 is 0 Å². The number of hydrogen-bond donors (Lipinski definition) is 1. The van der Waals surface area contributed by atoms with E-state index in [9.17, 15) is 4.79 Å². The molecule has 0 spiro atoms. The molecule has 1 amide bonds. The molecule has 0 bridgehead atoms. The number of ether oxygens (including phenoxy) is 2. The van der Waals surface area contributed by atoms with Crippen molar-refractivity contribution in [1.29, 1.82) is 0 Å². The molecule has 0 aliphatic carbocycles. The van der Waals surface area contributed by atoms with Crippen LogP contribution in [0.4, 0.5) is 0 Å². The van der Waals surface area contributed by atoms with Crippen LogP contribution in [0.1, 0.15) is 36.5 Å². The lowest BCUT2D eigenvalue weighted by Gasteiger charge is -2.31. The Balaban J connectivity index is 2.24. The summed E-state index contributed by atoms with van der Waals surface area (Å²) in [5.74, 6) is 1.18. The van der Waals surface area contributed by atoms with Crippen LogP contribution in [0.5, 0.6) is 11.5 Å². The fourth-order valence-corrected chi connectivity index (χ4v) is 3.12. The highest BCUT2D eigenvalue weighted by Crippen LogP contribution is 2.37. The number of hydrogen-bond acceptors (Lipinski definition) is 4. The van der Waals surface area contributed by atoms with Crippen molar-refractivity contribution in [3.63, 3.8) is 0 Å². The van der Waals surface area contributed by atoms with Gasteiger partial charge in [0.2, 0.25) is 0 Å². The second kappa shape index (κ2) is 7.83. The summed E-state index contributed by atoms with van der Waals surface area (Å²) in [6.07, 6.45) is 2.82. The van der Waals surface area contributed by atoms with E-state index in [1.54, 1.807) is 19.2 Å². The monoisotopic (exact) mass is 370 g/mol. The van der Waals surface area contributed by atoms with Gasteiger partial charge in [0, 0.05) is 24.7 Å². The van der Waals surface area contributed by atoms with E-state index in [2.05, 4.69) is 15.9 Å². The van der Waals surface area contributed by atoms with Gasteiger partial charge in [-0.3, -0.25) is 4.79 Å². The Kier molecular flexibility index (Phi) is 6.08. The highest BCUT2D eigenvalue weighted by atomic mass is 79.9. The average Bonchev–Trinajstić information content (AvgIpc) is 2.52. The van der Waals surface area contributed by atoms with E-state index < -0.39 is 0 Å². The molecular formula is C16H23BrN2O3. The first-order valence-electron chi connectivity index (χ1n) is 7.62. The molecule has 22 heavy (non-hydrogen) atoms. The van der Waals surface area contributed by atoms with Gasteiger partial charge < -0.3 is 20.1 Å². The maximum absolute atomic E-state index is 12.6. The Morgan fingerprint density at radius 1 is 1.50 bits per heavy atom. The molecular weight excluding hydrogens is 348 g/mol. The van der Waals surface area contributed by atoms with Crippen LogP contribution in [0, 0.1) is 0 Å². The lowest BCUT2D eigenvalue weighted by Crippen LogP contribution is -2.45. The minimum absolute atomic E-state index is 0.0174. The maximum atomic E-state index is 12.6. The van der Waals surface area contributed by atoms with Crippen LogP contribution in [0.3, 0.4) is 0 Å². The van der Waals surface area contributed by atoms with Gasteiger partial charge in [-0.1, -0.05) is 6.92 Å². The van der Waals surface area contributed by atoms with E-state index in [1.807, 2.05) is 11.8 Å². The largest absolute Gasteiger partial charge is 0.493 e. The number of halogens is 1. The SMILES string of the molecule is CCCOc1c(Br)cc(C(=O)N2CCCC(N)C2)cc1OC. The first kappa shape index (κ1) is 17.1.